The number of carbonyl (C=O) groups is 1. The van der Waals surface area contributed by atoms with Crippen molar-refractivity contribution in [2.45, 2.75) is 58.4 Å². The molecular weight excluding hydrogens is 262 g/mol. The Morgan fingerprint density at radius 3 is 2.67 bits per heavy atom. The highest BCUT2D eigenvalue weighted by molar-refractivity contribution is 5.95. The summed E-state index contributed by atoms with van der Waals surface area (Å²) in [7, 11) is 1.85. The summed E-state index contributed by atoms with van der Waals surface area (Å²) in [5, 5.41) is 3.07. The molecular formula is C17H27N3O. The average Bonchev–Trinajstić information content (AvgIpc) is 3.32. The molecule has 0 unspecified atom stereocenters. The molecule has 1 aromatic rings. The Hall–Kier alpha value is -1.58. The topological polar surface area (TPSA) is 45.2 Å². The second-order valence-electron chi connectivity index (χ2n) is 5.82. The molecule has 2 rings (SSSR count). The fourth-order valence-electron chi connectivity index (χ4n) is 2.55. The number of nitrogens with zero attached hydrogens (tertiary/aromatic N) is 2. The molecule has 1 heterocycles. The van der Waals surface area contributed by atoms with E-state index in [-0.39, 0.29) is 5.91 Å². The Labute approximate surface area is 127 Å². The smallest absolute Gasteiger partial charge is 0.254 e. The van der Waals surface area contributed by atoms with Crippen LogP contribution in [0.2, 0.25) is 0 Å². The number of nitrogens with one attached hydrogen (secondary N) is 1. The maximum Gasteiger partial charge on any atom is 0.254 e. The first-order valence-corrected chi connectivity index (χ1v) is 8.19. The summed E-state index contributed by atoms with van der Waals surface area (Å²) >= 11 is 0. The molecule has 4 heteroatoms. The molecule has 4 nitrogen and oxygen atoms in total. The molecule has 1 saturated carbocycles. The lowest BCUT2D eigenvalue weighted by Gasteiger charge is -2.23. The SMILES string of the molecule is CCCCN(C(=O)c1cc(CCC)nc(NC)c1)C1CC1. The van der Waals surface area contributed by atoms with Gasteiger partial charge in [-0.3, -0.25) is 4.79 Å². The van der Waals surface area contributed by atoms with Gasteiger partial charge in [0.05, 0.1) is 0 Å². The zero-order chi connectivity index (χ0) is 15.2. The van der Waals surface area contributed by atoms with Gasteiger partial charge in [0.1, 0.15) is 5.82 Å². The number of hydrogen-bond donors (Lipinski definition) is 1. The van der Waals surface area contributed by atoms with Crippen LogP contribution in [-0.2, 0) is 6.42 Å². The number of rotatable bonds is 8. The highest BCUT2D eigenvalue weighted by Crippen LogP contribution is 2.29. The van der Waals surface area contributed by atoms with E-state index in [0.717, 1.165) is 62.1 Å². The van der Waals surface area contributed by atoms with Crippen LogP contribution in [0.5, 0.6) is 0 Å². The van der Waals surface area contributed by atoms with Crippen molar-refractivity contribution in [2.75, 3.05) is 18.9 Å². The lowest BCUT2D eigenvalue weighted by molar-refractivity contribution is 0.0740. The molecule has 0 aliphatic heterocycles. The van der Waals surface area contributed by atoms with Crippen LogP contribution < -0.4 is 5.32 Å². The number of aromatic nitrogens is 1. The summed E-state index contributed by atoms with van der Waals surface area (Å²) in [6, 6.07) is 4.31. The van der Waals surface area contributed by atoms with E-state index in [2.05, 4.69) is 29.0 Å². The van der Waals surface area contributed by atoms with Gasteiger partial charge in [0, 0.05) is 30.9 Å². The molecule has 1 aliphatic carbocycles. The highest BCUT2D eigenvalue weighted by Gasteiger charge is 2.32. The zero-order valence-corrected chi connectivity index (χ0v) is 13.5. The van der Waals surface area contributed by atoms with Crippen LogP contribution in [0.3, 0.4) is 0 Å². The number of unbranched alkanes of at least 4 members (excludes halogenated alkanes) is 1. The molecule has 116 valence electrons. The van der Waals surface area contributed by atoms with Gasteiger partial charge in [-0.1, -0.05) is 26.7 Å². The van der Waals surface area contributed by atoms with Crippen LogP contribution >= 0.6 is 0 Å². The summed E-state index contributed by atoms with van der Waals surface area (Å²) in [4.78, 5) is 19.4. The van der Waals surface area contributed by atoms with Gasteiger partial charge in [-0.15, -0.1) is 0 Å². The lowest BCUT2D eigenvalue weighted by Crippen LogP contribution is -2.34. The van der Waals surface area contributed by atoms with E-state index >= 15 is 0 Å². The molecule has 0 saturated heterocycles. The number of pyridine rings is 1. The van der Waals surface area contributed by atoms with Crippen molar-refractivity contribution in [3.05, 3.63) is 23.4 Å². The van der Waals surface area contributed by atoms with E-state index in [1.807, 2.05) is 19.2 Å². The Balaban J connectivity index is 2.21. The molecule has 1 fully saturated rings. The fraction of sp³-hybridized carbons (Fsp3) is 0.647. The number of amides is 1. The molecule has 0 bridgehead atoms. The Kier molecular flexibility index (Phi) is 5.59. The van der Waals surface area contributed by atoms with Gasteiger partial charge in [-0.25, -0.2) is 4.98 Å². The van der Waals surface area contributed by atoms with Crippen molar-refractivity contribution in [1.82, 2.24) is 9.88 Å². The quantitative estimate of drug-likeness (QED) is 0.797. The van der Waals surface area contributed by atoms with Gasteiger partial charge in [0.15, 0.2) is 0 Å². The van der Waals surface area contributed by atoms with Gasteiger partial charge < -0.3 is 10.2 Å². The van der Waals surface area contributed by atoms with E-state index in [9.17, 15) is 4.79 Å². The van der Waals surface area contributed by atoms with Crippen molar-refractivity contribution >= 4 is 11.7 Å². The van der Waals surface area contributed by atoms with E-state index < -0.39 is 0 Å². The van der Waals surface area contributed by atoms with E-state index in [4.69, 9.17) is 0 Å². The average molecular weight is 289 g/mol. The molecule has 0 aromatic carbocycles. The van der Waals surface area contributed by atoms with Crippen molar-refractivity contribution in [2.24, 2.45) is 0 Å². The second-order valence-corrected chi connectivity index (χ2v) is 5.82. The molecule has 1 amide bonds. The van der Waals surface area contributed by atoms with Crippen molar-refractivity contribution in [1.29, 1.82) is 0 Å². The number of anilines is 1. The first kappa shape index (κ1) is 15.8. The monoisotopic (exact) mass is 289 g/mol. The maximum atomic E-state index is 12.8. The van der Waals surface area contributed by atoms with E-state index in [1.54, 1.807) is 0 Å². The minimum atomic E-state index is 0.169. The predicted octanol–water partition coefficient (Wildman–Crippen LogP) is 3.48. The van der Waals surface area contributed by atoms with Crippen LogP contribution in [0.15, 0.2) is 12.1 Å². The fourth-order valence-corrected chi connectivity index (χ4v) is 2.55. The van der Waals surface area contributed by atoms with Crippen LogP contribution in [0.1, 0.15) is 62.0 Å². The third-order valence-electron chi connectivity index (χ3n) is 3.89. The number of hydrogen-bond acceptors (Lipinski definition) is 3. The van der Waals surface area contributed by atoms with Gasteiger partial charge >= 0.3 is 0 Å². The van der Waals surface area contributed by atoms with E-state index in [1.165, 1.54) is 0 Å². The highest BCUT2D eigenvalue weighted by atomic mass is 16.2. The summed E-state index contributed by atoms with van der Waals surface area (Å²) in [6.07, 6.45) is 6.45. The normalized spacial score (nSPS) is 14.0. The predicted molar refractivity (Wildman–Crippen MR) is 86.7 cm³/mol. The largest absolute Gasteiger partial charge is 0.373 e. The third-order valence-corrected chi connectivity index (χ3v) is 3.89. The second kappa shape index (κ2) is 7.43. The zero-order valence-electron chi connectivity index (χ0n) is 13.5. The van der Waals surface area contributed by atoms with Crippen molar-refractivity contribution in [3.8, 4) is 0 Å². The number of aryl methyl sites for hydroxylation is 1. The molecule has 21 heavy (non-hydrogen) atoms. The minimum absolute atomic E-state index is 0.169. The standard InChI is InChI=1S/C17H27N3O/c1-4-6-10-20(15-8-9-15)17(21)13-11-14(7-5-2)19-16(12-13)18-3/h11-12,15H,4-10H2,1-3H3,(H,18,19). The van der Waals surface area contributed by atoms with E-state index in [0.29, 0.717) is 6.04 Å². The molecule has 0 atom stereocenters. The molecule has 0 spiro atoms. The summed E-state index contributed by atoms with van der Waals surface area (Å²) in [5.74, 6) is 0.956. The van der Waals surface area contributed by atoms with Gasteiger partial charge in [-0.05, 0) is 37.8 Å². The third kappa shape index (κ3) is 4.19. The Morgan fingerprint density at radius 2 is 2.10 bits per heavy atom. The van der Waals surface area contributed by atoms with Crippen LogP contribution in [0.4, 0.5) is 5.82 Å². The summed E-state index contributed by atoms with van der Waals surface area (Å²) in [5.41, 5.74) is 1.78. The molecule has 1 aromatic heterocycles. The minimum Gasteiger partial charge on any atom is -0.373 e. The van der Waals surface area contributed by atoms with Gasteiger partial charge in [-0.2, -0.15) is 0 Å². The summed E-state index contributed by atoms with van der Waals surface area (Å²) in [6.45, 7) is 5.17. The lowest BCUT2D eigenvalue weighted by atomic mass is 10.1. The Bertz CT molecular complexity index is 483. The molecule has 1 N–H and O–H groups in total. The van der Waals surface area contributed by atoms with Crippen LogP contribution in [0.25, 0.3) is 0 Å². The first-order valence-electron chi connectivity index (χ1n) is 8.19. The van der Waals surface area contributed by atoms with Gasteiger partial charge in [0.2, 0.25) is 0 Å². The summed E-state index contributed by atoms with van der Waals surface area (Å²) < 4.78 is 0. The Morgan fingerprint density at radius 1 is 1.33 bits per heavy atom. The van der Waals surface area contributed by atoms with Gasteiger partial charge in [0.25, 0.3) is 5.91 Å². The number of carbonyl (C=O) groups excluding carboxylic acids is 1. The molecule has 1 aliphatic rings. The van der Waals surface area contributed by atoms with Crippen molar-refractivity contribution < 1.29 is 4.79 Å². The van der Waals surface area contributed by atoms with Crippen LogP contribution in [0, 0.1) is 0 Å². The van der Waals surface area contributed by atoms with Crippen LogP contribution in [-0.4, -0.2) is 35.4 Å². The maximum absolute atomic E-state index is 12.8. The van der Waals surface area contributed by atoms with Crippen molar-refractivity contribution in [3.63, 3.8) is 0 Å². The molecule has 0 radical (unpaired) electrons. The first-order chi connectivity index (χ1) is 10.2.